The Morgan fingerprint density at radius 1 is 1.25 bits per heavy atom. The fraction of sp³-hybridized carbons (Fsp3) is 0.500. The summed E-state index contributed by atoms with van der Waals surface area (Å²) < 4.78 is 6.48. The lowest BCUT2D eigenvalue weighted by Gasteiger charge is -2.40. The van der Waals surface area contributed by atoms with Gasteiger partial charge in [0, 0.05) is 24.7 Å². The third-order valence-electron chi connectivity index (χ3n) is 5.60. The highest BCUT2D eigenvalue weighted by molar-refractivity contribution is 5.80. The maximum absolute atomic E-state index is 6.48. The maximum Gasteiger partial charge on any atom is 0.192 e. The van der Waals surface area contributed by atoms with Crippen LogP contribution in [0.5, 0.6) is 5.75 Å². The van der Waals surface area contributed by atoms with Crippen LogP contribution in [0.15, 0.2) is 41.5 Å². The standard InChI is InChI=1S/C22H29N5O/c1-3-23-21(25-15-17-10-13-24-16(2)26-17)27-19-14-22(11-6-7-12-22)28-20-9-5-4-8-18(19)20/h4-5,8-10,13,19H,3,6-7,11-12,14-15H2,1-2H3,(H2,23,25,27). The molecule has 1 aromatic carbocycles. The van der Waals surface area contributed by atoms with Gasteiger partial charge in [-0.3, -0.25) is 0 Å². The van der Waals surface area contributed by atoms with E-state index in [-0.39, 0.29) is 11.6 Å². The molecule has 2 aromatic rings. The van der Waals surface area contributed by atoms with E-state index in [2.05, 4.69) is 51.8 Å². The molecule has 2 heterocycles. The van der Waals surface area contributed by atoms with Crippen LogP contribution >= 0.6 is 0 Å². The number of guanidine groups is 1. The quantitative estimate of drug-likeness (QED) is 0.626. The SMILES string of the molecule is CCNC(=NCc1ccnc(C)n1)NC1CC2(CCCC2)Oc2ccccc21. The minimum absolute atomic E-state index is 0.0346. The third kappa shape index (κ3) is 4.11. The predicted octanol–water partition coefficient (Wildman–Crippen LogP) is 3.68. The minimum atomic E-state index is -0.0346. The summed E-state index contributed by atoms with van der Waals surface area (Å²) in [5, 5.41) is 7.04. The molecule has 1 aliphatic carbocycles. The molecule has 0 bridgehead atoms. The zero-order valence-electron chi connectivity index (χ0n) is 16.7. The summed E-state index contributed by atoms with van der Waals surface area (Å²) in [4.78, 5) is 13.4. The number of benzene rings is 1. The number of para-hydroxylation sites is 1. The number of aliphatic imine (C=N–C) groups is 1. The lowest BCUT2D eigenvalue weighted by Crippen LogP contribution is -2.46. The number of nitrogens with zero attached hydrogens (tertiary/aromatic N) is 3. The molecule has 0 saturated heterocycles. The second-order valence-corrected chi connectivity index (χ2v) is 7.72. The van der Waals surface area contributed by atoms with Gasteiger partial charge in [-0.2, -0.15) is 0 Å². The summed E-state index contributed by atoms with van der Waals surface area (Å²) in [6.07, 6.45) is 7.51. The van der Waals surface area contributed by atoms with Gasteiger partial charge in [0.05, 0.1) is 18.3 Å². The number of hydrogen-bond donors (Lipinski definition) is 2. The van der Waals surface area contributed by atoms with Crippen LogP contribution in [0, 0.1) is 6.92 Å². The van der Waals surface area contributed by atoms with E-state index in [0.717, 1.165) is 49.0 Å². The molecule has 1 atom stereocenters. The molecule has 1 saturated carbocycles. The van der Waals surface area contributed by atoms with Gasteiger partial charge in [0.2, 0.25) is 0 Å². The van der Waals surface area contributed by atoms with Crippen molar-refractivity contribution in [2.75, 3.05) is 6.54 Å². The second kappa shape index (κ2) is 8.17. The van der Waals surface area contributed by atoms with E-state index in [0.29, 0.717) is 6.54 Å². The molecular weight excluding hydrogens is 350 g/mol. The molecule has 1 aromatic heterocycles. The van der Waals surface area contributed by atoms with Crippen molar-refractivity contribution in [1.82, 2.24) is 20.6 Å². The van der Waals surface area contributed by atoms with Gasteiger partial charge >= 0.3 is 0 Å². The molecule has 1 spiro atoms. The fourth-order valence-electron chi connectivity index (χ4n) is 4.31. The number of ether oxygens (including phenoxy) is 1. The first-order valence-corrected chi connectivity index (χ1v) is 10.3. The summed E-state index contributed by atoms with van der Waals surface area (Å²) in [7, 11) is 0. The number of nitrogens with one attached hydrogen (secondary N) is 2. The van der Waals surface area contributed by atoms with Crippen LogP contribution in [-0.2, 0) is 6.54 Å². The zero-order chi connectivity index (χ0) is 19.4. The average molecular weight is 380 g/mol. The van der Waals surface area contributed by atoms with Crippen molar-refractivity contribution in [3.8, 4) is 5.75 Å². The predicted molar refractivity (Wildman–Crippen MR) is 110 cm³/mol. The number of aromatic nitrogens is 2. The lowest BCUT2D eigenvalue weighted by molar-refractivity contribution is 0.0396. The molecule has 0 radical (unpaired) electrons. The van der Waals surface area contributed by atoms with Gasteiger partial charge in [-0.25, -0.2) is 15.0 Å². The fourth-order valence-corrected chi connectivity index (χ4v) is 4.31. The van der Waals surface area contributed by atoms with Crippen LogP contribution in [0.25, 0.3) is 0 Å². The van der Waals surface area contributed by atoms with Gasteiger partial charge in [-0.15, -0.1) is 0 Å². The topological polar surface area (TPSA) is 71.4 Å². The van der Waals surface area contributed by atoms with E-state index in [1.807, 2.05) is 13.0 Å². The molecule has 4 rings (SSSR count). The lowest BCUT2D eigenvalue weighted by atomic mass is 9.86. The first kappa shape index (κ1) is 18.7. The molecule has 28 heavy (non-hydrogen) atoms. The van der Waals surface area contributed by atoms with Gasteiger partial charge in [0.25, 0.3) is 0 Å². The maximum atomic E-state index is 6.48. The van der Waals surface area contributed by atoms with Crippen LogP contribution in [0.4, 0.5) is 0 Å². The van der Waals surface area contributed by atoms with Gasteiger partial charge in [-0.1, -0.05) is 18.2 Å². The van der Waals surface area contributed by atoms with Crippen LogP contribution in [0.1, 0.15) is 62.2 Å². The Kier molecular flexibility index (Phi) is 5.46. The average Bonchev–Trinajstić information content (AvgIpc) is 3.13. The zero-order valence-corrected chi connectivity index (χ0v) is 16.7. The van der Waals surface area contributed by atoms with Crippen LogP contribution < -0.4 is 15.4 Å². The second-order valence-electron chi connectivity index (χ2n) is 7.72. The van der Waals surface area contributed by atoms with Crippen LogP contribution in [-0.4, -0.2) is 28.1 Å². The van der Waals surface area contributed by atoms with Crippen molar-refractivity contribution >= 4 is 5.96 Å². The van der Waals surface area contributed by atoms with E-state index in [1.54, 1.807) is 6.20 Å². The van der Waals surface area contributed by atoms with Gasteiger partial charge < -0.3 is 15.4 Å². The van der Waals surface area contributed by atoms with E-state index < -0.39 is 0 Å². The molecular formula is C22H29N5O. The Morgan fingerprint density at radius 2 is 2.07 bits per heavy atom. The highest BCUT2D eigenvalue weighted by atomic mass is 16.5. The number of hydrogen-bond acceptors (Lipinski definition) is 4. The molecule has 2 N–H and O–H groups in total. The van der Waals surface area contributed by atoms with Crippen molar-refractivity contribution in [3.05, 3.63) is 53.6 Å². The molecule has 1 fully saturated rings. The van der Waals surface area contributed by atoms with E-state index in [4.69, 9.17) is 9.73 Å². The molecule has 148 valence electrons. The van der Waals surface area contributed by atoms with E-state index in [9.17, 15) is 0 Å². The first-order chi connectivity index (χ1) is 13.7. The van der Waals surface area contributed by atoms with E-state index >= 15 is 0 Å². The summed E-state index contributed by atoms with van der Waals surface area (Å²) in [5.74, 6) is 2.59. The van der Waals surface area contributed by atoms with Crippen molar-refractivity contribution in [2.45, 2.75) is 64.1 Å². The number of rotatable bonds is 4. The normalized spacial score (nSPS) is 20.5. The first-order valence-electron chi connectivity index (χ1n) is 10.3. The Labute approximate surface area is 166 Å². The highest BCUT2D eigenvalue weighted by Crippen LogP contribution is 2.46. The van der Waals surface area contributed by atoms with Crippen molar-refractivity contribution in [2.24, 2.45) is 4.99 Å². The van der Waals surface area contributed by atoms with Crippen molar-refractivity contribution in [1.29, 1.82) is 0 Å². The van der Waals surface area contributed by atoms with Crippen LogP contribution in [0.2, 0.25) is 0 Å². The van der Waals surface area contributed by atoms with Gasteiger partial charge in [-0.05, 0) is 51.7 Å². The van der Waals surface area contributed by atoms with Gasteiger partial charge in [0.1, 0.15) is 17.2 Å². The van der Waals surface area contributed by atoms with Crippen LogP contribution in [0.3, 0.4) is 0 Å². The Hall–Kier alpha value is -2.63. The van der Waals surface area contributed by atoms with Crippen molar-refractivity contribution in [3.63, 3.8) is 0 Å². The molecule has 2 aliphatic rings. The molecule has 1 aliphatic heterocycles. The summed E-state index contributed by atoms with van der Waals surface area (Å²) in [6, 6.07) is 10.5. The molecule has 6 heteroatoms. The number of aryl methyl sites for hydroxylation is 1. The Bertz CT molecular complexity index is 844. The summed E-state index contributed by atoms with van der Waals surface area (Å²) in [5.41, 5.74) is 2.10. The smallest absolute Gasteiger partial charge is 0.192 e. The third-order valence-corrected chi connectivity index (χ3v) is 5.60. The molecule has 6 nitrogen and oxygen atoms in total. The summed E-state index contributed by atoms with van der Waals surface area (Å²) in [6.45, 7) is 5.32. The highest BCUT2D eigenvalue weighted by Gasteiger charge is 2.43. The van der Waals surface area contributed by atoms with Gasteiger partial charge in [0.15, 0.2) is 5.96 Å². The molecule has 0 amide bonds. The Morgan fingerprint density at radius 3 is 2.86 bits per heavy atom. The summed E-state index contributed by atoms with van der Waals surface area (Å²) >= 11 is 0. The monoisotopic (exact) mass is 379 g/mol. The van der Waals surface area contributed by atoms with Crippen molar-refractivity contribution < 1.29 is 4.74 Å². The Balaban J connectivity index is 1.56. The van der Waals surface area contributed by atoms with E-state index in [1.165, 1.54) is 18.4 Å². The largest absolute Gasteiger partial charge is 0.487 e. The number of fused-ring (bicyclic) bond motifs is 1. The minimum Gasteiger partial charge on any atom is -0.487 e. The molecule has 1 unspecified atom stereocenters.